The molecule has 1 atom stereocenters. The summed E-state index contributed by atoms with van der Waals surface area (Å²) in [5, 5.41) is 2.91. The van der Waals surface area contributed by atoms with Gasteiger partial charge in [0.05, 0.1) is 15.7 Å². The first-order valence-electron chi connectivity index (χ1n) is 8.01. The number of nitrogens with one attached hydrogen (secondary N) is 1. The van der Waals surface area contributed by atoms with Gasteiger partial charge in [-0.05, 0) is 35.2 Å². The smallest absolute Gasteiger partial charge is 0.251 e. The number of aromatic nitrogens is 1. The monoisotopic (exact) mass is 339 g/mol. The Balaban J connectivity index is 1.62. The van der Waals surface area contributed by atoms with Crippen LogP contribution < -0.4 is 11.1 Å². The lowest BCUT2D eigenvalue weighted by atomic mass is 9.99. The van der Waals surface area contributed by atoms with Crippen molar-refractivity contribution < 1.29 is 4.79 Å². The number of amides is 1. The quantitative estimate of drug-likeness (QED) is 0.742. The van der Waals surface area contributed by atoms with Crippen LogP contribution in [0.2, 0.25) is 0 Å². The summed E-state index contributed by atoms with van der Waals surface area (Å²) in [6.45, 7) is 4.73. The van der Waals surface area contributed by atoms with Crippen molar-refractivity contribution in [2.45, 2.75) is 25.8 Å². The van der Waals surface area contributed by atoms with Crippen molar-refractivity contribution in [3.63, 3.8) is 0 Å². The molecule has 3 aromatic rings. The van der Waals surface area contributed by atoms with E-state index < -0.39 is 0 Å². The third-order valence-corrected chi connectivity index (χ3v) is 4.90. The van der Waals surface area contributed by atoms with Crippen molar-refractivity contribution in [2.24, 2.45) is 5.73 Å². The van der Waals surface area contributed by atoms with E-state index in [0.29, 0.717) is 18.0 Å². The predicted octanol–water partition coefficient (Wildman–Crippen LogP) is 3.85. The van der Waals surface area contributed by atoms with Crippen molar-refractivity contribution in [2.75, 3.05) is 6.54 Å². The van der Waals surface area contributed by atoms with Gasteiger partial charge in [-0.1, -0.05) is 38.1 Å². The highest BCUT2D eigenvalue weighted by molar-refractivity contribution is 7.16. The minimum Gasteiger partial charge on any atom is -0.350 e. The van der Waals surface area contributed by atoms with Crippen LogP contribution in [0.25, 0.3) is 10.2 Å². The van der Waals surface area contributed by atoms with Gasteiger partial charge in [0.2, 0.25) is 0 Å². The second-order valence-corrected chi connectivity index (χ2v) is 7.06. The first kappa shape index (κ1) is 16.6. The Morgan fingerprint density at radius 1 is 1.17 bits per heavy atom. The summed E-state index contributed by atoms with van der Waals surface area (Å²) >= 11 is 1.53. The average molecular weight is 339 g/mol. The number of hydrogen-bond acceptors (Lipinski definition) is 4. The number of benzene rings is 2. The Kier molecular flexibility index (Phi) is 4.92. The molecule has 0 fully saturated rings. The van der Waals surface area contributed by atoms with Crippen LogP contribution in [0, 0.1) is 0 Å². The number of nitrogens with zero attached hydrogens (tertiary/aromatic N) is 1. The van der Waals surface area contributed by atoms with E-state index in [1.54, 1.807) is 11.6 Å². The van der Waals surface area contributed by atoms with E-state index in [4.69, 9.17) is 5.73 Å². The van der Waals surface area contributed by atoms with Gasteiger partial charge in [0.15, 0.2) is 0 Å². The summed E-state index contributed by atoms with van der Waals surface area (Å²) < 4.78 is 1.01. The Morgan fingerprint density at radius 3 is 2.58 bits per heavy atom. The Hall–Kier alpha value is -2.24. The molecule has 3 rings (SSSR count). The molecular weight excluding hydrogens is 318 g/mol. The van der Waals surface area contributed by atoms with Crippen molar-refractivity contribution in [1.82, 2.24) is 10.3 Å². The van der Waals surface area contributed by atoms with Crippen molar-refractivity contribution in [3.8, 4) is 0 Å². The summed E-state index contributed by atoms with van der Waals surface area (Å²) in [7, 11) is 0. The molecule has 0 bridgehead atoms. The summed E-state index contributed by atoms with van der Waals surface area (Å²) in [6.07, 6.45) is 0. The van der Waals surface area contributed by atoms with Crippen molar-refractivity contribution in [1.29, 1.82) is 0 Å². The van der Waals surface area contributed by atoms with Crippen LogP contribution in [0.15, 0.2) is 48.0 Å². The zero-order valence-electron chi connectivity index (χ0n) is 13.8. The maximum absolute atomic E-state index is 12.3. The van der Waals surface area contributed by atoms with Crippen LogP contribution in [-0.4, -0.2) is 17.4 Å². The lowest BCUT2D eigenvalue weighted by molar-refractivity contribution is 0.0951. The number of rotatable bonds is 5. The number of carbonyl (C=O) groups excluding carboxylic acids is 1. The Bertz CT molecular complexity index is 839. The average Bonchev–Trinajstić information content (AvgIpc) is 3.07. The zero-order valence-corrected chi connectivity index (χ0v) is 14.6. The molecule has 1 unspecified atom stereocenters. The van der Waals surface area contributed by atoms with Gasteiger partial charge in [0.1, 0.15) is 0 Å². The van der Waals surface area contributed by atoms with Crippen LogP contribution in [0.3, 0.4) is 0 Å². The van der Waals surface area contributed by atoms with E-state index in [0.717, 1.165) is 15.8 Å². The van der Waals surface area contributed by atoms with Gasteiger partial charge in [0.25, 0.3) is 5.91 Å². The van der Waals surface area contributed by atoms with E-state index in [-0.39, 0.29) is 11.9 Å². The minimum absolute atomic E-state index is 0.112. The van der Waals surface area contributed by atoms with E-state index >= 15 is 0 Å². The van der Waals surface area contributed by atoms with Crippen LogP contribution >= 0.6 is 11.3 Å². The molecule has 124 valence electrons. The number of thiazole rings is 1. The second kappa shape index (κ2) is 7.11. The zero-order chi connectivity index (χ0) is 17.1. The standard InChI is InChI=1S/C19H21N3OS/c1-12(2)13-3-5-14(6-4-13)16(20)10-21-19(23)15-7-8-17-18(9-15)24-11-22-17/h3-9,11-12,16H,10,20H2,1-2H3,(H,21,23). The maximum atomic E-state index is 12.3. The third kappa shape index (κ3) is 3.63. The largest absolute Gasteiger partial charge is 0.350 e. The molecule has 24 heavy (non-hydrogen) atoms. The number of nitrogens with two attached hydrogens (primary N) is 1. The molecular formula is C19H21N3OS. The van der Waals surface area contributed by atoms with Gasteiger partial charge in [0, 0.05) is 18.2 Å². The van der Waals surface area contributed by atoms with Gasteiger partial charge < -0.3 is 11.1 Å². The molecule has 0 saturated carbocycles. The molecule has 1 heterocycles. The van der Waals surface area contributed by atoms with Gasteiger partial charge in [-0.15, -0.1) is 11.3 Å². The lowest BCUT2D eigenvalue weighted by Gasteiger charge is -2.14. The molecule has 3 N–H and O–H groups in total. The Morgan fingerprint density at radius 2 is 1.88 bits per heavy atom. The van der Waals surface area contributed by atoms with E-state index in [1.165, 1.54) is 16.9 Å². The fraction of sp³-hybridized carbons (Fsp3) is 0.263. The molecule has 0 aliphatic rings. The predicted molar refractivity (Wildman–Crippen MR) is 99.4 cm³/mol. The van der Waals surface area contributed by atoms with Crippen LogP contribution in [0.4, 0.5) is 0 Å². The van der Waals surface area contributed by atoms with Crippen molar-refractivity contribution in [3.05, 3.63) is 64.7 Å². The molecule has 0 aliphatic carbocycles. The second-order valence-electron chi connectivity index (χ2n) is 6.17. The van der Waals surface area contributed by atoms with Gasteiger partial charge >= 0.3 is 0 Å². The molecule has 1 aromatic heterocycles. The number of hydrogen-bond donors (Lipinski definition) is 2. The van der Waals surface area contributed by atoms with E-state index in [1.807, 2.05) is 24.3 Å². The highest BCUT2D eigenvalue weighted by atomic mass is 32.1. The molecule has 4 nitrogen and oxygen atoms in total. The Labute approximate surface area is 145 Å². The molecule has 1 amide bonds. The van der Waals surface area contributed by atoms with E-state index in [9.17, 15) is 4.79 Å². The molecule has 0 radical (unpaired) electrons. The van der Waals surface area contributed by atoms with Crippen LogP contribution in [0.1, 0.15) is 47.3 Å². The number of fused-ring (bicyclic) bond motifs is 1. The fourth-order valence-electron chi connectivity index (χ4n) is 2.55. The summed E-state index contributed by atoms with van der Waals surface area (Å²) in [5.41, 5.74) is 11.8. The third-order valence-electron chi connectivity index (χ3n) is 4.11. The molecule has 0 spiro atoms. The van der Waals surface area contributed by atoms with Crippen LogP contribution in [-0.2, 0) is 0 Å². The highest BCUT2D eigenvalue weighted by Crippen LogP contribution is 2.20. The molecule has 0 saturated heterocycles. The first-order valence-corrected chi connectivity index (χ1v) is 8.89. The maximum Gasteiger partial charge on any atom is 0.251 e. The summed E-state index contributed by atoms with van der Waals surface area (Å²) in [5.74, 6) is 0.385. The minimum atomic E-state index is -0.220. The SMILES string of the molecule is CC(C)c1ccc(C(N)CNC(=O)c2ccc3ncsc3c2)cc1. The van der Waals surface area contributed by atoms with E-state index in [2.05, 4.69) is 36.3 Å². The van der Waals surface area contributed by atoms with Gasteiger partial charge in [-0.3, -0.25) is 4.79 Å². The summed E-state index contributed by atoms with van der Waals surface area (Å²) in [6, 6.07) is 13.6. The molecule has 2 aromatic carbocycles. The summed E-state index contributed by atoms with van der Waals surface area (Å²) in [4.78, 5) is 16.5. The van der Waals surface area contributed by atoms with Crippen LogP contribution in [0.5, 0.6) is 0 Å². The normalized spacial score (nSPS) is 12.5. The first-order chi connectivity index (χ1) is 11.5. The van der Waals surface area contributed by atoms with Gasteiger partial charge in [-0.2, -0.15) is 0 Å². The fourth-order valence-corrected chi connectivity index (χ4v) is 3.26. The lowest BCUT2D eigenvalue weighted by Crippen LogP contribution is -2.31. The topological polar surface area (TPSA) is 68.0 Å². The highest BCUT2D eigenvalue weighted by Gasteiger charge is 2.11. The number of carbonyl (C=O) groups is 1. The molecule has 0 aliphatic heterocycles. The molecule has 5 heteroatoms. The van der Waals surface area contributed by atoms with Crippen molar-refractivity contribution >= 4 is 27.5 Å². The van der Waals surface area contributed by atoms with Gasteiger partial charge in [-0.25, -0.2) is 4.98 Å².